The summed E-state index contributed by atoms with van der Waals surface area (Å²) in [4.78, 5) is 23.0. The molecule has 0 bridgehead atoms. The van der Waals surface area contributed by atoms with Gasteiger partial charge in [0.05, 0.1) is 5.41 Å². The van der Waals surface area contributed by atoms with Crippen LogP contribution in [0.2, 0.25) is 0 Å². The van der Waals surface area contributed by atoms with Crippen molar-refractivity contribution in [2.75, 3.05) is 0 Å². The van der Waals surface area contributed by atoms with E-state index in [1.807, 2.05) is 0 Å². The van der Waals surface area contributed by atoms with Crippen LogP contribution in [0.1, 0.15) is 66.7 Å². The molecule has 0 aromatic rings. The fraction of sp³-hybridized carbons (Fsp3) is 0.857. The van der Waals surface area contributed by atoms with Crippen LogP contribution in [-0.4, -0.2) is 22.5 Å². The van der Waals surface area contributed by atoms with Crippen LogP contribution in [0.3, 0.4) is 0 Å². The van der Waals surface area contributed by atoms with Gasteiger partial charge in [-0.15, -0.1) is 0 Å². The van der Waals surface area contributed by atoms with Gasteiger partial charge in [-0.3, -0.25) is 9.59 Å². The first-order valence-corrected chi connectivity index (χ1v) is 6.69. The molecule has 0 aliphatic heterocycles. The van der Waals surface area contributed by atoms with Gasteiger partial charge in [-0.2, -0.15) is 0 Å². The lowest BCUT2D eigenvalue weighted by Gasteiger charge is -2.38. The summed E-state index contributed by atoms with van der Waals surface area (Å²) in [5, 5.41) is 12.0. The zero-order valence-corrected chi connectivity index (χ0v) is 12.3. The van der Waals surface area contributed by atoms with Crippen molar-refractivity contribution in [2.45, 2.75) is 72.3 Å². The van der Waals surface area contributed by atoms with Crippen LogP contribution in [0, 0.1) is 5.41 Å². The molecule has 0 spiro atoms. The van der Waals surface area contributed by atoms with E-state index in [9.17, 15) is 14.7 Å². The Balaban J connectivity index is 4.32. The average molecular weight is 257 g/mol. The molecule has 0 aliphatic carbocycles. The molecule has 0 radical (unpaired) electrons. The molecule has 0 fully saturated rings. The zero-order valence-electron chi connectivity index (χ0n) is 12.3. The van der Waals surface area contributed by atoms with Gasteiger partial charge >= 0.3 is 5.97 Å². The lowest BCUT2D eigenvalue weighted by Crippen LogP contribution is -2.56. The fourth-order valence-corrected chi connectivity index (χ4v) is 1.55. The van der Waals surface area contributed by atoms with Gasteiger partial charge < -0.3 is 10.4 Å². The van der Waals surface area contributed by atoms with Crippen molar-refractivity contribution < 1.29 is 14.7 Å². The first-order valence-electron chi connectivity index (χ1n) is 6.69. The molecule has 0 aromatic carbocycles. The molecule has 0 heterocycles. The van der Waals surface area contributed by atoms with Crippen molar-refractivity contribution in [3.63, 3.8) is 0 Å². The van der Waals surface area contributed by atoms with Gasteiger partial charge in [0.2, 0.25) is 5.91 Å². The summed E-state index contributed by atoms with van der Waals surface area (Å²) in [6.45, 7) is 8.90. The van der Waals surface area contributed by atoms with Gasteiger partial charge in [-0.05, 0) is 34.1 Å². The van der Waals surface area contributed by atoms with Crippen LogP contribution in [0.5, 0.6) is 0 Å². The Labute approximate surface area is 110 Å². The highest BCUT2D eigenvalue weighted by Gasteiger charge is 2.44. The Bertz CT molecular complexity index is 295. The van der Waals surface area contributed by atoms with Gasteiger partial charge in [0.1, 0.15) is 0 Å². The SMILES string of the molecule is CCCCCCC(=O)NC(C)(C)C(C)(C)C(=O)O. The number of carboxylic acids is 1. The van der Waals surface area contributed by atoms with Crippen LogP contribution < -0.4 is 5.32 Å². The number of rotatable bonds is 8. The predicted molar refractivity (Wildman–Crippen MR) is 72.4 cm³/mol. The van der Waals surface area contributed by atoms with Crippen LogP contribution in [0.25, 0.3) is 0 Å². The highest BCUT2D eigenvalue weighted by molar-refractivity contribution is 5.80. The number of carbonyl (C=O) groups is 2. The van der Waals surface area contributed by atoms with Crippen molar-refractivity contribution in [1.82, 2.24) is 5.32 Å². The van der Waals surface area contributed by atoms with Gasteiger partial charge in [-0.1, -0.05) is 26.2 Å². The second-order valence-electron chi connectivity index (χ2n) is 5.91. The molecule has 0 rings (SSSR count). The molecular weight excluding hydrogens is 230 g/mol. The van der Waals surface area contributed by atoms with Crippen molar-refractivity contribution in [1.29, 1.82) is 0 Å². The summed E-state index contributed by atoms with van der Waals surface area (Å²) in [5.41, 5.74) is -1.76. The third-order valence-electron chi connectivity index (χ3n) is 3.81. The molecule has 18 heavy (non-hydrogen) atoms. The highest BCUT2D eigenvalue weighted by atomic mass is 16.4. The number of hydrogen-bond acceptors (Lipinski definition) is 2. The van der Waals surface area contributed by atoms with Crippen LogP contribution in [-0.2, 0) is 9.59 Å². The summed E-state index contributed by atoms with van der Waals surface area (Å²) < 4.78 is 0. The maximum absolute atomic E-state index is 11.8. The molecule has 0 aliphatic rings. The molecule has 0 atom stereocenters. The smallest absolute Gasteiger partial charge is 0.311 e. The van der Waals surface area contributed by atoms with E-state index >= 15 is 0 Å². The van der Waals surface area contributed by atoms with E-state index in [1.165, 1.54) is 0 Å². The minimum absolute atomic E-state index is 0.0644. The maximum Gasteiger partial charge on any atom is 0.311 e. The Hall–Kier alpha value is -1.06. The second-order valence-corrected chi connectivity index (χ2v) is 5.91. The minimum Gasteiger partial charge on any atom is -0.481 e. The van der Waals surface area contributed by atoms with Gasteiger partial charge in [0.15, 0.2) is 0 Å². The van der Waals surface area contributed by atoms with Crippen LogP contribution in [0.4, 0.5) is 0 Å². The number of carboxylic acid groups (broad SMARTS) is 1. The van der Waals surface area contributed by atoms with Crippen LogP contribution in [0.15, 0.2) is 0 Å². The fourth-order valence-electron chi connectivity index (χ4n) is 1.55. The lowest BCUT2D eigenvalue weighted by molar-refractivity contribution is -0.151. The second kappa shape index (κ2) is 6.76. The molecule has 0 unspecified atom stereocenters. The normalized spacial score (nSPS) is 12.3. The number of aliphatic carboxylic acids is 1. The summed E-state index contributed by atoms with van der Waals surface area (Å²) >= 11 is 0. The number of hydrogen-bond donors (Lipinski definition) is 2. The van der Waals surface area contributed by atoms with E-state index in [1.54, 1.807) is 27.7 Å². The Kier molecular flexibility index (Phi) is 6.36. The summed E-state index contributed by atoms with van der Waals surface area (Å²) in [7, 11) is 0. The molecule has 0 aromatic heterocycles. The van der Waals surface area contributed by atoms with Crippen molar-refractivity contribution in [2.24, 2.45) is 5.41 Å². The Morgan fingerprint density at radius 1 is 1.06 bits per heavy atom. The number of unbranched alkanes of at least 4 members (excludes halogenated alkanes) is 3. The minimum atomic E-state index is -0.994. The van der Waals surface area contributed by atoms with Gasteiger partial charge in [-0.25, -0.2) is 0 Å². The van der Waals surface area contributed by atoms with Gasteiger partial charge in [0.25, 0.3) is 0 Å². The molecule has 2 N–H and O–H groups in total. The molecule has 4 heteroatoms. The Morgan fingerprint density at radius 2 is 1.61 bits per heavy atom. The van der Waals surface area contributed by atoms with E-state index in [2.05, 4.69) is 12.2 Å². The first-order chi connectivity index (χ1) is 8.15. The molecule has 0 saturated carbocycles. The quantitative estimate of drug-likeness (QED) is 0.657. The van der Waals surface area contributed by atoms with Crippen molar-refractivity contribution in [3.8, 4) is 0 Å². The first kappa shape index (κ1) is 16.9. The van der Waals surface area contributed by atoms with E-state index < -0.39 is 16.9 Å². The topological polar surface area (TPSA) is 66.4 Å². The van der Waals surface area contributed by atoms with Crippen molar-refractivity contribution in [3.05, 3.63) is 0 Å². The summed E-state index contributed by atoms with van der Waals surface area (Å²) in [6.07, 6.45) is 4.66. The molecule has 106 valence electrons. The average Bonchev–Trinajstić information content (AvgIpc) is 2.23. The number of nitrogens with one attached hydrogen (secondary N) is 1. The predicted octanol–water partition coefficient (Wildman–Crippen LogP) is 2.96. The Morgan fingerprint density at radius 3 is 2.06 bits per heavy atom. The lowest BCUT2D eigenvalue weighted by atomic mass is 9.74. The molecule has 0 saturated heterocycles. The molecular formula is C14H27NO3. The monoisotopic (exact) mass is 257 g/mol. The van der Waals surface area contributed by atoms with E-state index in [4.69, 9.17) is 0 Å². The third-order valence-corrected chi connectivity index (χ3v) is 3.81. The standard InChI is InChI=1S/C14H27NO3/c1-6-7-8-9-10-11(16)15-14(4,5)13(2,3)12(17)18/h6-10H2,1-5H3,(H,15,16)(H,17,18). The largest absolute Gasteiger partial charge is 0.481 e. The van der Waals surface area contributed by atoms with E-state index in [0.717, 1.165) is 25.7 Å². The summed E-state index contributed by atoms with van der Waals surface area (Å²) in [6, 6.07) is 0. The number of amides is 1. The highest BCUT2D eigenvalue weighted by Crippen LogP contribution is 2.30. The number of carbonyl (C=O) groups excluding carboxylic acids is 1. The zero-order chi connectivity index (χ0) is 14.4. The van der Waals surface area contributed by atoms with E-state index in [0.29, 0.717) is 6.42 Å². The van der Waals surface area contributed by atoms with E-state index in [-0.39, 0.29) is 5.91 Å². The van der Waals surface area contributed by atoms with Gasteiger partial charge in [0, 0.05) is 12.0 Å². The summed E-state index contributed by atoms with van der Waals surface area (Å²) in [5.74, 6) is -0.968. The van der Waals surface area contributed by atoms with Crippen molar-refractivity contribution >= 4 is 11.9 Å². The maximum atomic E-state index is 11.8. The third kappa shape index (κ3) is 4.67. The van der Waals surface area contributed by atoms with Crippen LogP contribution >= 0.6 is 0 Å². The molecule has 4 nitrogen and oxygen atoms in total. The molecule has 1 amide bonds.